The lowest BCUT2D eigenvalue weighted by Gasteiger charge is -1.98. The third kappa shape index (κ3) is 2.85. The lowest BCUT2D eigenvalue weighted by Crippen LogP contribution is -1.95. The van der Waals surface area contributed by atoms with Crippen LogP contribution in [0, 0.1) is 5.41 Å². The van der Waals surface area contributed by atoms with Crippen LogP contribution < -0.4 is 0 Å². The van der Waals surface area contributed by atoms with E-state index in [1.807, 2.05) is 30.3 Å². The lowest BCUT2D eigenvalue weighted by molar-refractivity contribution is 0.322. The van der Waals surface area contributed by atoms with Gasteiger partial charge < -0.3 is 4.74 Å². The van der Waals surface area contributed by atoms with Gasteiger partial charge >= 0.3 is 0 Å². The Morgan fingerprint density at radius 2 is 2.00 bits per heavy atom. The average molecular weight is 149 g/mol. The van der Waals surface area contributed by atoms with Gasteiger partial charge in [-0.1, -0.05) is 30.3 Å². The van der Waals surface area contributed by atoms with Crippen LogP contribution in [0.25, 0.3) is 0 Å². The highest BCUT2D eigenvalue weighted by Gasteiger charge is 1.88. The summed E-state index contributed by atoms with van der Waals surface area (Å²) in [6, 6.07) is 10.1. The van der Waals surface area contributed by atoms with Crippen LogP contribution >= 0.6 is 0 Å². The van der Waals surface area contributed by atoms with Crippen molar-refractivity contribution in [2.45, 2.75) is 6.42 Å². The summed E-state index contributed by atoms with van der Waals surface area (Å²) < 4.78 is 4.78. The van der Waals surface area contributed by atoms with E-state index in [2.05, 4.69) is 0 Å². The molecule has 0 spiro atoms. The zero-order valence-electron chi connectivity index (χ0n) is 6.29. The quantitative estimate of drug-likeness (QED) is 0.395. The van der Waals surface area contributed by atoms with Gasteiger partial charge in [0.05, 0.1) is 6.61 Å². The Morgan fingerprint density at radius 1 is 1.27 bits per heavy atom. The zero-order valence-corrected chi connectivity index (χ0v) is 6.29. The molecule has 0 amide bonds. The molecule has 0 unspecified atom stereocenters. The molecule has 0 saturated carbocycles. The van der Waals surface area contributed by atoms with E-state index >= 15 is 0 Å². The number of benzene rings is 1. The fourth-order valence-electron chi connectivity index (χ4n) is 0.880. The molecule has 1 N–H and O–H groups in total. The van der Waals surface area contributed by atoms with Gasteiger partial charge in [-0.2, -0.15) is 0 Å². The van der Waals surface area contributed by atoms with Crippen LogP contribution in [0.1, 0.15) is 5.56 Å². The van der Waals surface area contributed by atoms with E-state index in [0.29, 0.717) is 6.61 Å². The van der Waals surface area contributed by atoms with Crippen molar-refractivity contribution < 1.29 is 4.74 Å². The molecule has 0 bridgehead atoms. The van der Waals surface area contributed by atoms with E-state index in [0.717, 1.165) is 12.8 Å². The van der Waals surface area contributed by atoms with Crippen molar-refractivity contribution in [2.24, 2.45) is 0 Å². The molecule has 0 aliphatic rings. The molecular weight excluding hydrogens is 138 g/mol. The smallest absolute Gasteiger partial charge is 0.166 e. The fraction of sp³-hybridized carbons (Fsp3) is 0.222. The lowest BCUT2D eigenvalue weighted by atomic mass is 10.2. The van der Waals surface area contributed by atoms with Gasteiger partial charge in [0, 0.05) is 6.42 Å². The highest BCUT2D eigenvalue weighted by atomic mass is 16.5. The molecule has 2 heteroatoms. The molecule has 0 aliphatic carbocycles. The van der Waals surface area contributed by atoms with Crippen molar-refractivity contribution in [2.75, 3.05) is 6.61 Å². The molecule has 0 radical (unpaired) electrons. The first-order valence-electron chi connectivity index (χ1n) is 3.58. The van der Waals surface area contributed by atoms with Gasteiger partial charge in [-0.05, 0) is 5.56 Å². The molecule has 0 atom stereocenters. The second kappa shape index (κ2) is 4.50. The second-order valence-electron chi connectivity index (χ2n) is 2.22. The Morgan fingerprint density at radius 3 is 2.64 bits per heavy atom. The number of hydrogen-bond donors (Lipinski definition) is 1. The Kier molecular flexibility index (Phi) is 3.19. The minimum Gasteiger partial charge on any atom is -0.483 e. The Hall–Kier alpha value is -1.31. The summed E-state index contributed by atoms with van der Waals surface area (Å²) in [4.78, 5) is 0. The minimum atomic E-state index is 0.591. The number of hydrogen-bond acceptors (Lipinski definition) is 2. The normalized spacial score (nSPS) is 9.09. The van der Waals surface area contributed by atoms with E-state index in [1.54, 1.807) is 0 Å². The molecule has 1 aromatic carbocycles. The van der Waals surface area contributed by atoms with Gasteiger partial charge in [0.15, 0.2) is 6.40 Å². The van der Waals surface area contributed by atoms with Gasteiger partial charge in [-0.25, -0.2) is 0 Å². The molecule has 1 aromatic rings. The van der Waals surface area contributed by atoms with Crippen LogP contribution in [0.4, 0.5) is 0 Å². The third-order valence-electron chi connectivity index (χ3n) is 1.43. The maximum atomic E-state index is 6.62. The molecule has 58 valence electrons. The molecular formula is C9H11NO. The van der Waals surface area contributed by atoms with E-state index in [4.69, 9.17) is 10.1 Å². The van der Waals surface area contributed by atoms with Gasteiger partial charge in [0.1, 0.15) is 0 Å². The zero-order chi connectivity index (χ0) is 7.94. The summed E-state index contributed by atoms with van der Waals surface area (Å²) in [6.07, 6.45) is 1.85. The van der Waals surface area contributed by atoms with Crippen molar-refractivity contribution in [3.05, 3.63) is 35.9 Å². The van der Waals surface area contributed by atoms with Crippen LogP contribution in [0.15, 0.2) is 30.3 Å². The Labute approximate surface area is 66.3 Å². The highest BCUT2D eigenvalue weighted by Crippen LogP contribution is 1.98. The summed E-state index contributed by atoms with van der Waals surface area (Å²) in [5, 5.41) is 6.62. The molecule has 2 nitrogen and oxygen atoms in total. The number of nitrogens with one attached hydrogen (secondary N) is 1. The largest absolute Gasteiger partial charge is 0.483 e. The van der Waals surface area contributed by atoms with Crippen LogP contribution in [0.3, 0.4) is 0 Å². The van der Waals surface area contributed by atoms with Gasteiger partial charge in [-0.15, -0.1) is 0 Å². The fourth-order valence-corrected chi connectivity index (χ4v) is 0.880. The monoisotopic (exact) mass is 149 g/mol. The maximum Gasteiger partial charge on any atom is 0.166 e. The van der Waals surface area contributed by atoms with Crippen molar-refractivity contribution in [3.8, 4) is 0 Å². The summed E-state index contributed by atoms with van der Waals surface area (Å²) >= 11 is 0. The SMILES string of the molecule is N=COCCc1ccccc1. The summed E-state index contributed by atoms with van der Waals surface area (Å²) in [7, 11) is 0. The highest BCUT2D eigenvalue weighted by molar-refractivity contribution is 5.40. The summed E-state index contributed by atoms with van der Waals surface area (Å²) in [6.45, 7) is 0.591. The summed E-state index contributed by atoms with van der Waals surface area (Å²) in [5.74, 6) is 0. The van der Waals surface area contributed by atoms with Crippen LogP contribution in [0.2, 0.25) is 0 Å². The first kappa shape index (κ1) is 7.79. The van der Waals surface area contributed by atoms with Crippen LogP contribution in [-0.4, -0.2) is 13.0 Å². The molecule has 0 aromatic heterocycles. The topological polar surface area (TPSA) is 33.1 Å². The van der Waals surface area contributed by atoms with E-state index in [-0.39, 0.29) is 0 Å². The van der Waals surface area contributed by atoms with Crippen molar-refractivity contribution in [3.63, 3.8) is 0 Å². The van der Waals surface area contributed by atoms with Crippen molar-refractivity contribution in [1.82, 2.24) is 0 Å². The number of rotatable bonds is 4. The predicted molar refractivity (Wildman–Crippen MR) is 44.9 cm³/mol. The first-order valence-corrected chi connectivity index (χ1v) is 3.58. The first-order chi connectivity index (χ1) is 5.43. The predicted octanol–water partition coefficient (Wildman–Crippen LogP) is 1.85. The average Bonchev–Trinajstić information content (AvgIpc) is 2.07. The van der Waals surface area contributed by atoms with Crippen LogP contribution in [0.5, 0.6) is 0 Å². The van der Waals surface area contributed by atoms with Crippen molar-refractivity contribution >= 4 is 6.40 Å². The van der Waals surface area contributed by atoms with Gasteiger partial charge in [0.25, 0.3) is 0 Å². The molecule has 0 saturated heterocycles. The molecule has 1 rings (SSSR count). The Balaban J connectivity index is 2.33. The van der Waals surface area contributed by atoms with Gasteiger partial charge in [0.2, 0.25) is 0 Å². The number of ether oxygens (including phenoxy) is 1. The van der Waals surface area contributed by atoms with Crippen molar-refractivity contribution in [1.29, 1.82) is 5.41 Å². The molecule has 0 aliphatic heterocycles. The minimum absolute atomic E-state index is 0.591. The Bertz CT molecular complexity index is 208. The van der Waals surface area contributed by atoms with E-state index in [9.17, 15) is 0 Å². The maximum absolute atomic E-state index is 6.62. The third-order valence-corrected chi connectivity index (χ3v) is 1.43. The van der Waals surface area contributed by atoms with E-state index < -0.39 is 0 Å². The molecule has 11 heavy (non-hydrogen) atoms. The van der Waals surface area contributed by atoms with Crippen LogP contribution in [-0.2, 0) is 11.2 Å². The second-order valence-corrected chi connectivity index (χ2v) is 2.22. The molecule has 0 fully saturated rings. The summed E-state index contributed by atoms with van der Waals surface area (Å²) in [5.41, 5.74) is 1.24. The standard InChI is InChI=1S/C9H11NO/c10-8-11-7-6-9-4-2-1-3-5-9/h1-5,8,10H,6-7H2. The molecule has 0 heterocycles. The van der Waals surface area contributed by atoms with E-state index in [1.165, 1.54) is 5.56 Å². The van der Waals surface area contributed by atoms with Gasteiger partial charge in [-0.3, -0.25) is 5.41 Å².